The summed E-state index contributed by atoms with van der Waals surface area (Å²) in [5, 5.41) is 15.2. The second kappa shape index (κ2) is 7.82. The number of nitrogens with zero attached hydrogens (tertiary/aromatic N) is 4. The third-order valence-corrected chi connectivity index (χ3v) is 5.03. The van der Waals surface area contributed by atoms with Crippen molar-refractivity contribution in [2.24, 2.45) is 7.05 Å². The van der Waals surface area contributed by atoms with Gasteiger partial charge in [-0.25, -0.2) is 0 Å². The van der Waals surface area contributed by atoms with Gasteiger partial charge < -0.3 is 10.6 Å². The monoisotopic (exact) mass is 344 g/mol. The van der Waals surface area contributed by atoms with Crippen LogP contribution in [0.5, 0.6) is 0 Å². The molecule has 0 saturated carbocycles. The highest BCUT2D eigenvalue weighted by Crippen LogP contribution is 2.16. The topological polar surface area (TPSA) is 76.8 Å². The molecule has 3 rings (SSSR count). The number of hydrogen-bond acceptors (Lipinski definition) is 4. The number of aromatic nitrogens is 4. The smallest absolute Gasteiger partial charge is 0.271 e. The van der Waals surface area contributed by atoms with Crippen LogP contribution in [-0.2, 0) is 13.5 Å². The maximum atomic E-state index is 12.3. The van der Waals surface area contributed by atoms with Crippen LogP contribution >= 0.6 is 0 Å². The Morgan fingerprint density at radius 1 is 1.40 bits per heavy atom. The minimum Gasteiger partial charge on any atom is -0.351 e. The SMILES string of the molecule is Cc1nn(C)c(C)c1CCCNC(=O)c1ccn(C2CCCNC2)n1. The van der Waals surface area contributed by atoms with Gasteiger partial charge in [0.15, 0.2) is 0 Å². The molecule has 2 aromatic heterocycles. The highest BCUT2D eigenvalue weighted by Gasteiger charge is 2.17. The highest BCUT2D eigenvalue weighted by atomic mass is 16.1. The molecule has 3 heterocycles. The minimum atomic E-state index is -0.0952. The van der Waals surface area contributed by atoms with Crippen LogP contribution in [-0.4, -0.2) is 45.1 Å². The van der Waals surface area contributed by atoms with E-state index in [-0.39, 0.29) is 5.91 Å². The second-order valence-corrected chi connectivity index (χ2v) is 6.81. The number of nitrogens with one attached hydrogen (secondary N) is 2. The molecule has 136 valence electrons. The van der Waals surface area contributed by atoms with Crippen molar-refractivity contribution in [2.45, 2.75) is 45.6 Å². The molecular weight excluding hydrogens is 316 g/mol. The summed E-state index contributed by atoms with van der Waals surface area (Å²) in [6, 6.07) is 2.16. The molecule has 25 heavy (non-hydrogen) atoms. The average Bonchev–Trinajstić information content (AvgIpc) is 3.19. The van der Waals surface area contributed by atoms with Gasteiger partial charge in [-0.1, -0.05) is 0 Å². The van der Waals surface area contributed by atoms with E-state index in [2.05, 4.69) is 27.8 Å². The van der Waals surface area contributed by atoms with Gasteiger partial charge in [-0.3, -0.25) is 14.2 Å². The van der Waals surface area contributed by atoms with Gasteiger partial charge in [-0.2, -0.15) is 10.2 Å². The molecule has 2 N–H and O–H groups in total. The van der Waals surface area contributed by atoms with Crippen molar-refractivity contribution in [3.63, 3.8) is 0 Å². The molecule has 1 aliphatic rings. The predicted octanol–water partition coefficient (Wildman–Crippen LogP) is 1.52. The maximum Gasteiger partial charge on any atom is 0.271 e. The van der Waals surface area contributed by atoms with Gasteiger partial charge in [-0.05, 0) is 57.7 Å². The summed E-state index contributed by atoms with van der Waals surface area (Å²) in [5.41, 5.74) is 4.06. The third-order valence-electron chi connectivity index (χ3n) is 5.03. The van der Waals surface area contributed by atoms with Crippen molar-refractivity contribution in [1.82, 2.24) is 30.2 Å². The Morgan fingerprint density at radius 3 is 2.92 bits per heavy atom. The summed E-state index contributed by atoms with van der Waals surface area (Å²) in [7, 11) is 1.96. The van der Waals surface area contributed by atoms with E-state index in [1.807, 2.05) is 29.5 Å². The number of rotatable bonds is 6. The fourth-order valence-corrected chi connectivity index (χ4v) is 3.46. The molecular formula is C18H28N6O. The van der Waals surface area contributed by atoms with Gasteiger partial charge >= 0.3 is 0 Å². The molecule has 0 bridgehead atoms. The van der Waals surface area contributed by atoms with E-state index in [0.29, 0.717) is 18.3 Å². The molecule has 1 aliphatic heterocycles. The van der Waals surface area contributed by atoms with Crippen LogP contribution in [0.3, 0.4) is 0 Å². The van der Waals surface area contributed by atoms with Crippen molar-refractivity contribution >= 4 is 5.91 Å². The summed E-state index contributed by atoms with van der Waals surface area (Å²) in [4.78, 5) is 12.3. The number of piperidine rings is 1. The van der Waals surface area contributed by atoms with Gasteiger partial charge in [0.1, 0.15) is 5.69 Å². The van der Waals surface area contributed by atoms with Crippen molar-refractivity contribution in [3.05, 3.63) is 34.9 Å². The predicted molar refractivity (Wildman–Crippen MR) is 96.7 cm³/mol. The Kier molecular flexibility index (Phi) is 5.53. The van der Waals surface area contributed by atoms with Crippen LogP contribution in [0.2, 0.25) is 0 Å². The fourth-order valence-electron chi connectivity index (χ4n) is 3.46. The number of carbonyl (C=O) groups is 1. The zero-order valence-electron chi connectivity index (χ0n) is 15.4. The molecule has 7 heteroatoms. The Balaban J connectivity index is 1.47. The number of carbonyl (C=O) groups excluding carboxylic acids is 1. The van der Waals surface area contributed by atoms with E-state index in [1.54, 1.807) is 6.07 Å². The van der Waals surface area contributed by atoms with Gasteiger partial charge in [-0.15, -0.1) is 0 Å². The van der Waals surface area contributed by atoms with E-state index >= 15 is 0 Å². The molecule has 1 amide bonds. The lowest BCUT2D eigenvalue weighted by Crippen LogP contribution is -2.32. The zero-order chi connectivity index (χ0) is 17.8. The second-order valence-electron chi connectivity index (χ2n) is 6.81. The summed E-state index contributed by atoms with van der Waals surface area (Å²) in [6.07, 6.45) is 5.99. The molecule has 1 fully saturated rings. The summed E-state index contributed by atoms with van der Waals surface area (Å²) in [5.74, 6) is -0.0952. The molecule has 0 radical (unpaired) electrons. The molecule has 1 saturated heterocycles. The Bertz CT molecular complexity index is 726. The lowest BCUT2D eigenvalue weighted by molar-refractivity contribution is 0.0947. The van der Waals surface area contributed by atoms with Crippen LogP contribution in [0.25, 0.3) is 0 Å². The summed E-state index contributed by atoms with van der Waals surface area (Å²) < 4.78 is 3.83. The average molecular weight is 344 g/mol. The Labute approximate surface area is 148 Å². The molecule has 7 nitrogen and oxygen atoms in total. The molecule has 0 spiro atoms. The summed E-state index contributed by atoms with van der Waals surface area (Å²) in [6.45, 7) is 6.76. The van der Waals surface area contributed by atoms with Crippen LogP contribution in [0.4, 0.5) is 0 Å². The summed E-state index contributed by atoms with van der Waals surface area (Å²) >= 11 is 0. The first kappa shape index (κ1) is 17.7. The Hall–Kier alpha value is -2.15. The van der Waals surface area contributed by atoms with Crippen molar-refractivity contribution in [2.75, 3.05) is 19.6 Å². The van der Waals surface area contributed by atoms with Crippen LogP contribution in [0, 0.1) is 13.8 Å². The Morgan fingerprint density at radius 2 is 2.24 bits per heavy atom. The first-order chi connectivity index (χ1) is 12.1. The van der Waals surface area contributed by atoms with Crippen molar-refractivity contribution in [3.8, 4) is 0 Å². The van der Waals surface area contributed by atoms with E-state index in [9.17, 15) is 4.79 Å². The van der Waals surface area contributed by atoms with Gasteiger partial charge in [0.2, 0.25) is 0 Å². The molecule has 1 atom stereocenters. The molecule has 2 aromatic rings. The highest BCUT2D eigenvalue weighted by molar-refractivity contribution is 5.92. The van der Waals surface area contributed by atoms with Crippen LogP contribution < -0.4 is 10.6 Å². The lowest BCUT2D eigenvalue weighted by Gasteiger charge is -2.22. The quantitative estimate of drug-likeness (QED) is 0.779. The van der Waals surface area contributed by atoms with Gasteiger partial charge in [0, 0.05) is 32.0 Å². The van der Waals surface area contributed by atoms with E-state index < -0.39 is 0 Å². The largest absolute Gasteiger partial charge is 0.351 e. The first-order valence-corrected chi connectivity index (χ1v) is 9.09. The van der Waals surface area contributed by atoms with E-state index in [1.165, 1.54) is 11.3 Å². The molecule has 0 aromatic carbocycles. The molecule has 1 unspecified atom stereocenters. The van der Waals surface area contributed by atoms with E-state index in [4.69, 9.17) is 0 Å². The number of aryl methyl sites for hydroxylation is 2. The van der Waals surface area contributed by atoms with Crippen molar-refractivity contribution in [1.29, 1.82) is 0 Å². The molecule has 0 aliphatic carbocycles. The first-order valence-electron chi connectivity index (χ1n) is 9.09. The van der Waals surface area contributed by atoms with Gasteiger partial charge in [0.05, 0.1) is 11.7 Å². The normalized spacial score (nSPS) is 17.6. The zero-order valence-corrected chi connectivity index (χ0v) is 15.4. The van der Waals surface area contributed by atoms with E-state index in [0.717, 1.165) is 44.5 Å². The maximum absolute atomic E-state index is 12.3. The number of hydrogen-bond donors (Lipinski definition) is 2. The minimum absolute atomic E-state index is 0.0952. The van der Waals surface area contributed by atoms with Crippen LogP contribution in [0.1, 0.15) is 52.7 Å². The lowest BCUT2D eigenvalue weighted by atomic mass is 10.1. The fraction of sp³-hybridized carbons (Fsp3) is 0.611. The van der Waals surface area contributed by atoms with Crippen molar-refractivity contribution < 1.29 is 4.79 Å². The van der Waals surface area contributed by atoms with Crippen LogP contribution in [0.15, 0.2) is 12.3 Å². The van der Waals surface area contributed by atoms with Gasteiger partial charge in [0.25, 0.3) is 5.91 Å². The third kappa shape index (κ3) is 4.10. The number of amides is 1. The standard InChI is InChI=1S/C18H28N6O/c1-13-16(14(2)23(3)21-13)7-5-10-20-18(25)17-8-11-24(22-17)15-6-4-9-19-12-15/h8,11,15,19H,4-7,9-10,12H2,1-3H3,(H,20,25).